The van der Waals surface area contributed by atoms with E-state index in [1.165, 1.54) is 12.1 Å². The van der Waals surface area contributed by atoms with Gasteiger partial charge in [-0.2, -0.15) is 5.10 Å². The Morgan fingerprint density at radius 1 is 1.29 bits per heavy atom. The predicted octanol–water partition coefficient (Wildman–Crippen LogP) is 3.53. The van der Waals surface area contributed by atoms with Crippen molar-refractivity contribution in [2.75, 3.05) is 5.73 Å². The molecule has 2 N–H and O–H groups in total. The molecule has 0 saturated carbocycles. The molecule has 0 radical (unpaired) electrons. The molecule has 2 bridgehead atoms. The van der Waals surface area contributed by atoms with Crippen LogP contribution in [0.25, 0.3) is 22.5 Å². The van der Waals surface area contributed by atoms with Crippen LogP contribution in [0.4, 0.5) is 10.2 Å². The molecule has 5 rings (SSSR count). The SMILES string of the molecule is CCn1nnc2c1-c1cnc(N)c(c1)O[C@H](C)c1cc(F)ccc1-c1nn(C)cc1C2. The van der Waals surface area contributed by atoms with Gasteiger partial charge >= 0.3 is 0 Å². The fraction of sp³-hybridized carbons (Fsp3) is 0.273. The summed E-state index contributed by atoms with van der Waals surface area (Å²) in [4.78, 5) is 4.33. The molecule has 0 amide bonds. The number of nitrogen functional groups attached to an aromatic ring is 1. The molecule has 8 nitrogen and oxygen atoms in total. The maximum atomic E-state index is 14.2. The Morgan fingerprint density at radius 3 is 2.94 bits per heavy atom. The lowest BCUT2D eigenvalue weighted by Gasteiger charge is -2.20. The lowest BCUT2D eigenvalue weighted by Crippen LogP contribution is -2.10. The smallest absolute Gasteiger partial charge is 0.166 e. The van der Waals surface area contributed by atoms with E-state index in [1.54, 1.807) is 16.9 Å². The number of hydrogen-bond donors (Lipinski definition) is 1. The minimum absolute atomic E-state index is 0.265. The number of aromatic nitrogens is 6. The number of anilines is 1. The van der Waals surface area contributed by atoms with Gasteiger partial charge in [-0.15, -0.1) is 5.10 Å². The summed E-state index contributed by atoms with van der Waals surface area (Å²) in [5.74, 6) is 0.352. The van der Waals surface area contributed by atoms with Crippen molar-refractivity contribution in [3.63, 3.8) is 0 Å². The molecule has 1 atom stereocenters. The summed E-state index contributed by atoms with van der Waals surface area (Å²) >= 11 is 0. The van der Waals surface area contributed by atoms with Gasteiger partial charge in [0.2, 0.25) is 0 Å². The predicted molar refractivity (Wildman–Crippen MR) is 114 cm³/mol. The van der Waals surface area contributed by atoms with E-state index < -0.39 is 6.10 Å². The number of pyridine rings is 1. The molecule has 31 heavy (non-hydrogen) atoms. The minimum atomic E-state index is -0.479. The van der Waals surface area contributed by atoms with Crippen LogP contribution < -0.4 is 10.5 Å². The summed E-state index contributed by atoms with van der Waals surface area (Å²) in [6.45, 7) is 4.53. The lowest BCUT2D eigenvalue weighted by atomic mass is 9.95. The van der Waals surface area contributed by atoms with Gasteiger partial charge in [-0.25, -0.2) is 14.1 Å². The number of benzene rings is 1. The zero-order chi connectivity index (χ0) is 21.7. The van der Waals surface area contributed by atoms with Crippen LogP contribution in [0.1, 0.15) is 36.8 Å². The quantitative estimate of drug-likeness (QED) is 0.507. The molecule has 158 valence electrons. The van der Waals surface area contributed by atoms with E-state index in [1.807, 2.05) is 37.8 Å². The Morgan fingerprint density at radius 2 is 2.13 bits per heavy atom. The zero-order valence-corrected chi connectivity index (χ0v) is 17.5. The van der Waals surface area contributed by atoms with Crippen LogP contribution >= 0.6 is 0 Å². The maximum absolute atomic E-state index is 14.2. The van der Waals surface area contributed by atoms with E-state index in [0.717, 1.165) is 33.8 Å². The van der Waals surface area contributed by atoms with Gasteiger partial charge < -0.3 is 10.5 Å². The number of rotatable bonds is 1. The number of fused-ring (bicyclic) bond motifs is 7. The Balaban J connectivity index is 1.81. The topological polar surface area (TPSA) is 96.7 Å². The number of nitrogens with two attached hydrogens (primary N) is 1. The number of ether oxygens (including phenoxy) is 1. The first-order valence-corrected chi connectivity index (χ1v) is 10.1. The maximum Gasteiger partial charge on any atom is 0.166 e. The second kappa shape index (κ2) is 7.19. The van der Waals surface area contributed by atoms with Crippen molar-refractivity contribution in [1.82, 2.24) is 29.8 Å². The molecule has 1 aliphatic heterocycles. The monoisotopic (exact) mass is 419 g/mol. The van der Waals surface area contributed by atoms with Crippen molar-refractivity contribution in [2.24, 2.45) is 7.05 Å². The fourth-order valence-corrected chi connectivity index (χ4v) is 4.10. The van der Waals surface area contributed by atoms with Gasteiger partial charge in [-0.3, -0.25) is 4.68 Å². The molecule has 0 saturated heterocycles. The highest BCUT2D eigenvalue weighted by molar-refractivity contribution is 5.71. The Kier molecular flexibility index (Phi) is 4.46. The van der Waals surface area contributed by atoms with E-state index in [0.29, 0.717) is 24.3 Å². The fourth-order valence-electron chi connectivity index (χ4n) is 4.10. The second-order valence-corrected chi connectivity index (χ2v) is 7.65. The first-order valence-electron chi connectivity index (χ1n) is 10.1. The summed E-state index contributed by atoms with van der Waals surface area (Å²) in [6, 6.07) is 6.50. The van der Waals surface area contributed by atoms with Crippen LogP contribution in [0.5, 0.6) is 5.75 Å². The normalized spacial score (nSPS) is 15.2. The standard InChI is InChI=1S/C22H22FN7O/c1-4-30-21-13-8-19(22(24)25-10-13)31-12(2)17-9-15(23)5-6-16(17)20-14(11-29(3)27-20)7-18(21)26-28-30/h5-6,8-12H,4,7H2,1-3H3,(H2,24,25)/t12-/m1/s1. The molecular weight excluding hydrogens is 397 g/mol. The van der Waals surface area contributed by atoms with Crippen LogP contribution in [0.3, 0.4) is 0 Å². The van der Waals surface area contributed by atoms with Gasteiger partial charge in [0, 0.05) is 54.7 Å². The number of halogens is 1. The zero-order valence-electron chi connectivity index (χ0n) is 17.5. The summed E-state index contributed by atoms with van der Waals surface area (Å²) in [6.07, 6.45) is 3.70. The van der Waals surface area contributed by atoms with Crippen LogP contribution in [0, 0.1) is 5.82 Å². The average molecular weight is 419 g/mol. The molecule has 4 heterocycles. The van der Waals surface area contributed by atoms with Gasteiger partial charge in [0.25, 0.3) is 0 Å². The molecule has 0 fully saturated rings. The number of nitrogens with zero attached hydrogens (tertiary/aromatic N) is 6. The van der Waals surface area contributed by atoms with Gasteiger partial charge in [0.15, 0.2) is 11.6 Å². The third kappa shape index (κ3) is 3.22. The van der Waals surface area contributed by atoms with E-state index in [4.69, 9.17) is 10.5 Å². The van der Waals surface area contributed by atoms with Crippen LogP contribution in [-0.2, 0) is 20.0 Å². The molecule has 4 aromatic rings. The van der Waals surface area contributed by atoms with Crippen molar-refractivity contribution in [3.05, 3.63) is 59.3 Å². The summed E-state index contributed by atoms with van der Waals surface area (Å²) in [5, 5.41) is 13.4. The lowest BCUT2D eigenvalue weighted by molar-refractivity contribution is 0.227. The third-order valence-electron chi connectivity index (χ3n) is 5.53. The van der Waals surface area contributed by atoms with Gasteiger partial charge in [0.05, 0.1) is 17.1 Å². The highest BCUT2D eigenvalue weighted by Crippen LogP contribution is 2.37. The number of aryl methyl sites for hydroxylation is 2. The van der Waals surface area contributed by atoms with E-state index in [-0.39, 0.29) is 11.6 Å². The summed E-state index contributed by atoms with van der Waals surface area (Å²) in [7, 11) is 1.87. The molecule has 3 aromatic heterocycles. The first kappa shape index (κ1) is 19.2. The molecule has 0 aliphatic carbocycles. The van der Waals surface area contributed by atoms with Crippen molar-refractivity contribution in [1.29, 1.82) is 0 Å². The van der Waals surface area contributed by atoms with Crippen molar-refractivity contribution in [3.8, 4) is 28.3 Å². The first-order chi connectivity index (χ1) is 14.9. The molecule has 9 heteroatoms. The van der Waals surface area contributed by atoms with Crippen molar-refractivity contribution in [2.45, 2.75) is 32.9 Å². The van der Waals surface area contributed by atoms with Gasteiger partial charge in [-0.05, 0) is 38.1 Å². The summed E-state index contributed by atoms with van der Waals surface area (Å²) < 4.78 is 24.0. The minimum Gasteiger partial charge on any atom is -0.482 e. The van der Waals surface area contributed by atoms with Crippen molar-refractivity contribution >= 4 is 5.82 Å². The molecular formula is C22H22FN7O. The second-order valence-electron chi connectivity index (χ2n) is 7.65. The van der Waals surface area contributed by atoms with E-state index in [9.17, 15) is 4.39 Å². The highest BCUT2D eigenvalue weighted by Gasteiger charge is 2.24. The highest BCUT2D eigenvalue weighted by atomic mass is 19.1. The van der Waals surface area contributed by atoms with E-state index >= 15 is 0 Å². The molecule has 0 spiro atoms. The largest absolute Gasteiger partial charge is 0.482 e. The molecule has 1 aliphatic rings. The Bertz CT molecular complexity index is 1290. The van der Waals surface area contributed by atoms with Crippen molar-refractivity contribution < 1.29 is 9.13 Å². The summed E-state index contributed by atoms with van der Waals surface area (Å²) in [5.41, 5.74) is 11.8. The van der Waals surface area contributed by atoms with Gasteiger partial charge in [0.1, 0.15) is 11.9 Å². The van der Waals surface area contributed by atoms with E-state index in [2.05, 4.69) is 20.4 Å². The average Bonchev–Trinajstić information content (AvgIpc) is 3.32. The van der Waals surface area contributed by atoms with Crippen LogP contribution in [-0.4, -0.2) is 29.8 Å². The molecule has 1 aromatic carbocycles. The molecule has 0 unspecified atom stereocenters. The Labute approximate surface area is 178 Å². The van der Waals surface area contributed by atoms with Crippen LogP contribution in [0.15, 0.2) is 36.7 Å². The van der Waals surface area contributed by atoms with Gasteiger partial charge in [-0.1, -0.05) is 5.21 Å². The number of hydrogen-bond acceptors (Lipinski definition) is 6. The third-order valence-corrected chi connectivity index (χ3v) is 5.53. The van der Waals surface area contributed by atoms with Crippen LogP contribution in [0.2, 0.25) is 0 Å². The Hall–Kier alpha value is -3.75.